The number of carboxylic acid groups (broad SMARTS) is 1. The highest BCUT2D eigenvalue weighted by molar-refractivity contribution is 9.11. The van der Waals surface area contributed by atoms with E-state index < -0.39 is 17.6 Å². The monoisotopic (exact) mass is 419 g/mol. The zero-order chi connectivity index (χ0) is 15.6. The number of halogens is 4. The Labute approximate surface area is 136 Å². The smallest absolute Gasteiger partial charge is 0.303 e. The van der Waals surface area contributed by atoms with Gasteiger partial charge in [0.05, 0.1) is 5.69 Å². The van der Waals surface area contributed by atoms with Crippen molar-refractivity contribution in [3.63, 3.8) is 0 Å². The quantitative estimate of drug-likeness (QED) is 0.737. The fraction of sp³-hybridized carbons (Fsp3) is 0.143. The molecule has 0 unspecified atom stereocenters. The molecule has 1 aromatic carbocycles. The summed E-state index contributed by atoms with van der Waals surface area (Å²) < 4.78 is 28.1. The number of hydrogen-bond acceptors (Lipinski definition) is 2. The zero-order valence-electron chi connectivity index (χ0n) is 10.5. The molecule has 0 aliphatic rings. The van der Waals surface area contributed by atoms with E-state index in [1.165, 1.54) is 6.07 Å². The molecule has 0 fully saturated rings. The van der Waals surface area contributed by atoms with Crippen LogP contribution in [0.15, 0.2) is 33.3 Å². The van der Waals surface area contributed by atoms with Gasteiger partial charge in [-0.2, -0.15) is 0 Å². The second-order valence-electron chi connectivity index (χ2n) is 4.27. The molecule has 21 heavy (non-hydrogen) atoms. The summed E-state index contributed by atoms with van der Waals surface area (Å²) in [5.74, 6) is -2.39. The van der Waals surface area contributed by atoms with Crippen LogP contribution in [0.25, 0.3) is 11.3 Å². The van der Waals surface area contributed by atoms with Crippen molar-refractivity contribution >= 4 is 37.8 Å². The molecule has 0 amide bonds. The molecule has 0 aliphatic heterocycles. The molecule has 1 heterocycles. The molecule has 1 N–H and O–H groups in total. The summed E-state index contributed by atoms with van der Waals surface area (Å²) in [5.41, 5.74) is 0.972. The molecule has 2 aromatic rings. The Morgan fingerprint density at radius 2 is 1.95 bits per heavy atom. The lowest BCUT2D eigenvalue weighted by molar-refractivity contribution is -0.136. The Hall–Kier alpha value is -1.34. The number of benzene rings is 1. The van der Waals surface area contributed by atoms with Crippen molar-refractivity contribution in [2.45, 2.75) is 12.8 Å². The molecule has 0 aliphatic carbocycles. The van der Waals surface area contributed by atoms with E-state index in [4.69, 9.17) is 5.11 Å². The number of aromatic nitrogens is 1. The number of nitrogens with zero attached hydrogens (tertiary/aromatic N) is 1. The van der Waals surface area contributed by atoms with E-state index in [0.29, 0.717) is 14.6 Å². The highest BCUT2D eigenvalue weighted by Crippen LogP contribution is 2.33. The average Bonchev–Trinajstić information content (AvgIpc) is 2.36. The van der Waals surface area contributed by atoms with Gasteiger partial charge in [0.15, 0.2) is 0 Å². The lowest BCUT2D eigenvalue weighted by atomic mass is 10.0. The van der Waals surface area contributed by atoms with Gasteiger partial charge < -0.3 is 5.11 Å². The van der Waals surface area contributed by atoms with Crippen molar-refractivity contribution in [3.05, 3.63) is 50.5 Å². The van der Waals surface area contributed by atoms with Gasteiger partial charge in [0.25, 0.3) is 0 Å². The van der Waals surface area contributed by atoms with E-state index in [0.717, 1.165) is 12.1 Å². The first kappa shape index (κ1) is 16.0. The second kappa shape index (κ2) is 6.62. The normalized spacial score (nSPS) is 10.7. The van der Waals surface area contributed by atoms with Crippen LogP contribution in [0.1, 0.15) is 12.0 Å². The van der Waals surface area contributed by atoms with Crippen LogP contribution in [0.5, 0.6) is 0 Å². The van der Waals surface area contributed by atoms with Crippen LogP contribution in [0.3, 0.4) is 0 Å². The molecule has 0 bridgehead atoms. The third-order valence-corrected chi connectivity index (χ3v) is 3.93. The summed E-state index contributed by atoms with van der Waals surface area (Å²) in [5, 5.41) is 8.80. The maximum Gasteiger partial charge on any atom is 0.303 e. The van der Waals surface area contributed by atoms with E-state index in [9.17, 15) is 13.6 Å². The van der Waals surface area contributed by atoms with Crippen LogP contribution in [-0.2, 0) is 11.2 Å². The Bertz CT molecular complexity index is 708. The largest absolute Gasteiger partial charge is 0.481 e. The van der Waals surface area contributed by atoms with Gasteiger partial charge in [0, 0.05) is 22.5 Å². The van der Waals surface area contributed by atoms with Crippen molar-refractivity contribution in [3.8, 4) is 11.3 Å². The number of carbonyl (C=O) groups is 1. The highest BCUT2D eigenvalue weighted by atomic mass is 79.9. The van der Waals surface area contributed by atoms with E-state index in [2.05, 4.69) is 36.8 Å². The maximum atomic E-state index is 14.0. The van der Waals surface area contributed by atoms with Gasteiger partial charge in [0.1, 0.15) is 16.2 Å². The molecule has 3 nitrogen and oxygen atoms in total. The molecule has 1 aromatic heterocycles. The summed E-state index contributed by atoms with van der Waals surface area (Å²) in [6.45, 7) is 0. The van der Waals surface area contributed by atoms with Crippen molar-refractivity contribution < 1.29 is 18.7 Å². The van der Waals surface area contributed by atoms with E-state index in [1.54, 1.807) is 6.07 Å². The predicted molar refractivity (Wildman–Crippen MR) is 80.9 cm³/mol. The first-order chi connectivity index (χ1) is 9.88. The number of pyridine rings is 1. The number of carboxylic acids is 1. The van der Waals surface area contributed by atoms with Crippen molar-refractivity contribution in [1.29, 1.82) is 0 Å². The summed E-state index contributed by atoms with van der Waals surface area (Å²) in [6.07, 6.45) is 0.0695. The molecule has 0 saturated heterocycles. The summed E-state index contributed by atoms with van der Waals surface area (Å²) in [6, 6.07) is 4.85. The third-order valence-electron chi connectivity index (χ3n) is 2.81. The SMILES string of the molecule is O=C(O)CCc1c(Br)cc(Br)nc1-c1ccc(F)cc1F. The Morgan fingerprint density at radius 3 is 2.57 bits per heavy atom. The van der Waals surface area contributed by atoms with Gasteiger partial charge >= 0.3 is 5.97 Å². The second-order valence-corrected chi connectivity index (χ2v) is 5.94. The first-order valence-corrected chi connectivity index (χ1v) is 7.49. The number of hydrogen-bond donors (Lipinski definition) is 1. The molecule has 7 heteroatoms. The first-order valence-electron chi connectivity index (χ1n) is 5.90. The molecule has 0 atom stereocenters. The molecule has 0 radical (unpaired) electrons. The Kier molecular flexibility index (Phi) is 5.05. The fourth-order valence-electron chi connectivity index (χ4n) is 1.89. The van der Waals surface area contributed by atoms with Crippen LogP contribution in [0.4, 0.5) is 8.78 Å². The summed E-state index contributed by atoms with van der Waals surface area (Å²) in [4.78, 5) is 14.9. The Balaban J connectivity index is 2.57. The third kappa shape index (κ3) is 3.85. The molecule has 2 rings (SSSR count). The minimum atomic E-state index is -0.963. The van der Waals surface area contributed by atoms with Crippen LogP contribution in [-0.4, -0.2) is 16.1 Å². The summed E-state index contributed by atoms with van der Waals surface area (Å²) in [7, 11) is 0. The minimum absolute atomic E-state index is 0.113. The van der Waals surface area contributed by atoms with Gasteiger partial charge in [0.2, 0.25) is 0 Å². The minimum Gasteiger partial charge on any atom is -0.481 e. The fourth-order valence-corrected chi connectivity index (χ4v) is 3.20. The van der Waals surface area contributed by atoms with Gasteiger partial charge in [-0.1, -0.05) is 15.9 Å². The zero-order valence-corrected chi connectivity index (χ0v) is 13.7. The maximum absolute atomic E-state index is 14.0. The molecule has 0 spiro atoms. The van der Waals surface area contributed by atoms with Crippen LogP contribution in [0, 0.1) is 11.6 Å². The summed E-state index contributed by atoms with van der Waals surface area (Å²) >= 11 is 6.53. The van der Waals surface area contributed by atoms with Gasteiger partial charge in [-0.05, 0) is 46.1 Å². The van der Waals surface area contributed by atoms with Crippen LogP contribution >= 0.6 is 31.9 Å². The van der Waals surface area contributed by atoms with Crippen molar-refractivity contribution in [2.75, 3.05) is 0 Å². The number of aliphatic carboxylic acids is 1. The van der Waals surface area contributed by atoms with Gasteiger partial charge in [-0.3, -0.25) is 4.79 Å². The van der Waals surface area contributed by atoms with Crippen molar-refractivity contribution in [1.82, 2.24) is 4.98 Å². The highest BCUT2D eigenvalue weighted by Gasteiger charge is 2.17. The lowest BCUT2D eigenvalue weighted by Crippen LogP contribution is -2.03. The average molecular weight is 421 g/mol. The topological polar surface area (TPSA) is 50.2 Å². The molecular weight excluding hydrogens is 412 g/mol. The van der Waals surface area contributed by atoms with E-state index >= 15 is 0 Å². The lowest BCUT2D eigenvalue weighted by Gasteiger charge is -2.12. The predicted octanol–water partition coefficient (Wildman–Crippen LogP) is 4.57. The van der Waals surface area contributed by atoms with Gasteiger partial charge in [-0.15, -0.1) is 0 Å². The van der Waals surface area contributed by atoms with Crippen LogP contribution < -0.4 is 0 Å². The number of rotatable bonds is 4. The molecule has 0 saturated carbocycles. The van der Waals surface area contributed by atoms with Crippen molar-refractivity contribution in [2.24, 2.45) is 0 Å². The Morgan fingerprint density at radius 1 is 1.24 bits per heavy atom. The van der Waals surface area contributed by atoms with Crippen LogP contribution in [0.2, 0.25) is 0 Å². The molecular formula is C14H9Br2F2NO2. The molecule has 110 valence electrons. The van der Waals surface area contributed by atoms with E-state index in [-0.39, 0.29) is 24.1 Å². The standard InChI is InChI=1S/C14H9Br2F2NO2/c15-10-6-12(16)19-14(8(10)3-4-13(20)21)9-2-1-7(17)5-11(9)18/h1-2,5-6H,3-4H2,(H,20,21). The van der Waals surface area contributed by atoms with Gasteiger partial charge in [-0.25, -0.2) is 13.8 Å². The van der Waals surface area contributed by atoms with E-state index in [1.807, 2.05) is 0 Å².